The lowest BCUT2D eigenvalue weighted by molar-refractivity contribution is 0.562. The molecular formula is C18H19FN4. The van der Waals surface area contributed by atoms with Crippen molar-refractivity contribution >= 4 is 11.3 Å². The van der Waals surface area contributed by atoms with Gasteiger partial charge in [-0.3, -0.25) is 4.99 Å². The van der Waals surface area contributed by atoms with Crippen LogP contribution in [-0.4, -0.2) is 24.8 Å². The maximum Gasteiger partial charge on any atom is 0.140 e. The van der Waals surface area contributed by atoms with Gasteiger partial charge in [0.1, 0.15) is 11.9 Å². The molecule has 0 saturated carbocycles. The van der Waals surface area contributed by atoms with Crippen LogP contribution in [0.15, 0.2) is 41.0 Å². The number of rotatable bonds is 5. The smallest absolute Gasteiger partial charge is 0.140 e. The first-order valence-corrected chi connectivity index (χ1v) is 7.81. The third-order valence-electron chi connectivity index (χ3n) is 4.32. The number of nitrogens with zero attached hydrogens (tertiary/aromatic N) is 2. The molecule has 3 rings (SSSR count). The molecule has 3 N–H and O–H groups in total. The summed E-state index contributed by atoms with van der Waals surface area (Å²) in [6.45, 7) is 3.41. The van der Waals surface area contributed by atoms with Gasteiger partial charge in [-0.15, -0.1) is 0 Å². The third kappa shape index (κ3) is 2.90. The molecule has 2 atom stereocenters. The largest absolute Gasteiger partial charge is 0.380 e. The zero-order chi connectivity index (χ0) is 16.4. The maximum absolute atomic E-state index is 13.5. The summed E-state index contributed by atoms with van der Waals surface area (Å²) < 4.78 is 13.5. The van der Waals surface area contributed by atoms with E-state index >= 15 is 0 Å². The molecule has 1 aromatic rings. The summed E-state index contributed by atoms with van der Waals surface area (Å²) in [5, 5.41) is 12.5. The summed E-state index contributed by atoms with van der Waals surface area (Å²) in [6.07, 6.45) is 5.08. The van der Waals surface area contributed by atoms with Crippen molar-refractivity contribution < 1.29 is 4.39 Å². The van der Waals surface area contributed by atoms with Crippen molar-refractivity contribution in [3.8, 4) is 6.07 Å². The van der Waals surface area contributed by atoms with E-state index in [9.17, 15) is 4.39 Å². The molecule has 0 aromatic heterocycles. The SMILES string of the molecule is CCC(CN)NC1=CC(c2ccc(F)c(C#N)c2)=CC2CN=C12. The molecule has 0 saturated heterocycles. The molecule has 118 valence electrons. The third-order valence-corrected chi connectivity index (χ3v) is 4.32. The lowest BCUT2D eigenvalue weighted by Gasteiger charge is -2.32. The molecule has 0 amide bonds. The van der Waals surface area contributed by atoms with Gasteiger partial charge in [-0.1, -0.05) is 19.1 Å². The van der Waals surface area contributed by atoms with Crippen LogP contribution in [0.4, 0.5) is 4.39 Å². The zero-order valence-electron chi connectivity index (χ0n) is 13.0. The van der Waals surface area contributed by atoms with E-state index in [0.29, 0.717) is 6.54 Å². The monoisotopic (exact) mass is 310 g/mol. The van der Waals surface area contributed by atoms with Crippen LogP contribution in [0.25, 0.3) is 5.57 Å². The van der Waals surface area contributed by atoms with Gasteiger partial charge in [0.25, 0.3) is 0 Å². The molecule has 4 nitrogen and oxygen atoms in total. The van der Waals surface area contributed by atoms with E-state index in [4.69, 9.17) is 11.0 Å². The van der Waals surface area contributed by atoms with E-state index in [0.717, 1.165) is 35.5 Å². The first-order chi connectivity index (χ1) is 11.2. The highest BCUT2D eigenvalue weighted by Crippen LogP contribution is 2.31. The van der Waals surface area contributed by atoms with Crippen molar-refractivity contribution in [3.63, 3.8) is 0 Å². The van der Waals surface area contributed by atoms with Crippen LogP contribution in [0.1, 0.15) is 24.5 Å². The van der Waals surface area contributed by atoms with Crippen LogP contribution in [0.5, 0.6) is 0 Å². The van der Waals surface area contributed by atoms with Gasteiger partial charge in [-0.2, -0.15) is 5.26 Å². The highest BCUT2D eigenvalue weighted by Gasteiger charge is 2.29. The van der Waals surface area contributed by atoms with Gasteiger partial charge >= 0.3 is 0 Å². The fraction of sp³-hybridized carbons (Fsp3) is 0.333. The summed E-state index contributed by atoms with van der Waals surface area (Å²) >= 11 is 0. The number of nitrogens with two attached hydrogens (primary N) is 1. The van der Waals surface area contributed by atoms with Crippen molar-refractivity contribution in [1.29, 1.82) is 5.26 Å². The minimum atomic E-state index is -0.491. The normalized spacial score (nSPS) is 20.3. The first kappa shape index (κ1) is 15.4. The van der Waals surface area contributed by atoms with Crippen molar-refractivity contribution in [2.45, 2.75) is 19.4 Å². The van der Waals surface area contributed by atoms with Gasteiger partial charge in [0.05, 0.1) is 23.5 Å². The van der Waals surface area contributed by atoms with Crippen molar-refractivity contribution in [1.82, 2.24) is 5.32 Å². The standard InChI is InChI=1S/C18H19FN4/c1-2-15(9-21)23-17-7-12(6-14-10-22-18(14)17)11-3-4-16(19)13(5-11)8-20/h3-7,14-15,23H,2,9-10,21H2,1H3. The van der Waals surface area contributed by atoms with E-state index in [2.05, 4.69) is 23.3 Å². The topological polar surface area (TPSA) is 74.2 Å². The number of allylic oxidation sites excluding steroid dienone is 3. The van der Waals surface area contributed by atoms with E-state index in [-0.39, 0.29) is 17.5 Å². The molecule has 1 aromatic carbocycles. The van der Waals surface area contributed by atoms with Gasteiger partial charge in [0.2, 0.25) is 0 Å². The lowest BCUT2D eigenvalue weighted by atomic mass is 9.84. The number of nitriles is 1. The predicted molar refractivity (Wildman–Crippen MR) is 89.2 cm³/mol. The molecule has 2 aliphatic rings. The Morgan fingerprint density at radius 2 is 2.35 bits per heavy atom. The zero-order valence-corrected chi connectivity index (χ0v) is 13.0. The van der Waals surface area contributed by atoms with Gasteiger partial charge in [-0.05, 0) is 35.8 Å². The number of halogens is 1. The van der Waals surface area contributed by atoms with Crippen LogP contribution < -0.4 is 11.1 Å². The first-order valence-electron chi connectivity index (χ1n) is 7.81. The van der Waals surface area contributed by atoms with Crippen LogP contribution >= 0.6 is 0 Å². The Bertz CT molecular complexity index is 751. The number of fused-ring (bicyclic) bond motifs is 1. The van der Waals surface area contributed by atoms with Crippen molar-refractivity contribution in [2.75, 3.05) is 13.1 Å². The Kier molecular flexibility index (Phi) is 4.26. The molecule has 0 radical (unpaired) electrons. The van der Waals surface area contributed by atoms with E-state index < -0.39 is 5.82 Å². The molecule has 1 aliphatic carbocycles. The molecule has 5 heteroatoms. The minimum Gasteiger partial charge on any atom is -0.380 e. The average Bonchev–Trinajstić information content (AvgIpc) is 2.54. The molecule has 23 heavy (non-hydrogen) atoms. The van der Waals surface area contributed by atoms with Gasteiger partial charge in [0, 0.05) is 18.5 Å². The summed E-state index contributed by atoms with van der Waals surface area (Å²) in [6, 6.07) is 6.73. The Morgan fingerprint density at radius 1 is 1.52 bits per heavy atom. The quantitative estimate of drug-likeness (QED) is 0.877. The number of hydrogen-bond acceptors (Lipinski definition) is 4. The predicted octanol–water partition coefficient (Wildman–Crippen LogP) is 2.38. The fourth-order valence-corrected chi connectivity index (χ4v) is 2.83. The second kappa shape index (κ2) is 6.35. The minimum absolute atomic E-state index is 0.0628. The Labute approximate surface area is 135 Å². The average molecular weight is 310 g/mol. The Balaban J connectivity index is 1.94. The lowest BCUT2D eigenvalue weighted by Crippen LogP contribution is -2.42. The molecule has 0 spiro atoms. The molecule has 0 fully saturated rings. The fourth-order valence-electron chi connectivity index (χ4n) is 2.83. The second-order valence-electron chi connectivity index (χ2n) is 5.80. The molecule has 0 bridgehead atoms. The number of nitrogens with one attached hydrogen (secondary N) is 1. The van der Waals surface area contributed by atoms with Crippen LogP contribution in [0.3, 0.4) is 0 Å². The summed E-state index contributed by atoms with van der Waals surface area (Å²) in [5.74, 6) is -0.210. The summed E-state index contributed by atoms with van der Waals surface area (Å²) in [5.41, 5.74) is 9.71. The summed E-state index contributed by atoms with van der Waals surface area (Å²) in [7, 11) is 0. The molecule has 1 heterocycles. The second-order valence-corrected chi connectivity index (χ2v) is 5.80. The van der Waals surface area contributed by atoms with Crippen LogP contribution in [0, 0.1) is 23.1 Å². The highest BCUT2D eigenvalue weighted by molar-refractivity contribution is 6.10. The molecule has 2 unspecified atom stereocenters. The van der Waals surface area contributed by atoms with Gasteiger partial charge in [-0.25, -0.2) is 4.39 Å². The Hall–Kier alpha value is -2.45. The molecular weight excluding hydrogens is 291 g/mol. The number of aliphatic imine (C=N–C) groups is 1. The van der Waals surface area contributed by atoms with E-state index in [1.807, 2.05) is 12.1 Å². The maximum atomic E-state index is 13.5. The molecule has 1 aliphatic heterocycles. The van der Waals surface area contributed by atoms with E-state index in [1.165, 1.54) is 6.07 Å². The van der Waals surface area contributed by atoms with Crippen molar-refractivity contribution in [2.24, 2.45) is 16.6 Å². The summed E-state index contributed by atoms with van der Waals surface area (Å²) in [4.78, 5) is 4.46. The van der Waals surface area contributed by atoms with Gasteiger partial charge in [0.15, 0.2) is 0 Å². The van der Waals surface area contributed by atoms with Crippen LogP contribution in [-0.2, 0) is 0 Å². The van der Waals surface area contributed by atoms with Gasteiger partial charge < -0.3 is 11.1 Å². The Morgan fingerprint density at radius 3 is 2.96 bits per heavy atom. The number of hydrogen-bond donors (Lipinski definition) is 2. The van der Waals surface area contributed by atoms with Crippen molar-refractivity contribution in [3.05, 3.63) is 53.0 Å². The highest BCUT2D eigenvalue weighted by atomic mass is 19.1. The van der Waals surface area contributed by atoms with Crippen LogP contribution in [0.2, 0.25) is 0 Å². The number of benzene rings is 1. The van der Waals surface area contributed by atoms with E-state index in [1.54, 1.807) is 12.1 Å².